The molecule has 36 heavy (non-hydrogen) atoms. The minimum atomic E-state index is -1.67. The average Bonchev–Trinajstić information content (AvgIpc) is 2.75. The van der Waals surface area contributed by atoms with Gasteiger partial charge in [0.2, 0.25) is 23.6 Å². The number of aliphatic carboxylic acids is 2. The molecule has 5 unspecified atom stereocenters. The number of guanidine groups is 1. The number of primary amides is 1. The second kappa shape index (κ2) is 15.8. The van der Waals surface area contributed by atoms with Crippen LogP contribution in [0.1, 0.15) is 39.0 Å². The number of rotatable bonds is 17. The van der Waals surface area contributed by atoms with Crippen LogP contribution in [0.15, 0.2) is 4.99 Å². The maximum atomic E-state index is 12.9. The molecule has 0 aliphatic heterocycles. The summed E-state index contributed by atoms with van der Waals surface area (Å²) in [6.45, 7) is 1.23. The number of aliphatic hydroxyl groups is 1. The van der Waals surface area contributed by atoms with Crippen LogP contribution in [0, 0.1) is 0 Å². The van der Waals surface area contributed by atoms with Gasteiger partial charge in [0.1, 0.15) is 18.1 Å². The molecule has 204 valence electrons. The molecule has 0 heterocycles. The van der Waals surface area contributed by atoms with Gasteiger partial charge in [0, 0.05) is 13.0 Å². The van der Waals surface area contributed by atoms with Gasteiger partial charge >= 0.3 is 11.9 Å². The summed E-state index contributed by atoms with van der Waals surface area (Å²) in [5.74, 6) is -6.81. The molecule has 5 atom stereocenters. The van der Waals surface area contributed by atoms with E-state index in [9.17, 15) is 39.0 Å². The molecule has 4 amide bonds. The highest BCUT2D eigenvalue weighted by atomic mass is 16.4. The van der Waals surface area contributed by atoms with Gasteiger partial charge in [0.25, 0.3) is 0 Å². The third kappa shape index (κ3) is 13.0. The molecule has 0 aliphatic carbocycles. The Morgan fingerprint density at radius 3 is 1.92 bits per heavy atom. The van der Waals surface area contributed by atoms with Crippen molar-refractivity contribution in [3.63, 3.8) is 0 Å². The van der Waals surface area contributed by atoms with Crippen LogP contribution >= 0.6 is 0 Å². The molecule has 0 aromatic rings. The Hall–Kier alpha value is -3.99. The number of nitrogens with two attached hydrogens (primary N) is 4. The lowest BCUT2D eigenvalue weighted by Crippen LogP contribution is -2.60. The van der Waals surface area contributed by atoms with E-state index in [4.69, 9.17) is 28.0 Å². The number of amides is 4. The maximum absolute atomic E-state index is 12.9. The molecule has 0 bridgehead atoms. The van der Waals surface area contributed by atoms with Crippen molar-refractivity contribution in [2.75, 3.05) is 6.54 Å². The second-order valence-corrected chi connectivity index (χ2v) is 7.85. The number of nitrogens with zero attached hydrogens (tertiary/aromatic N) is 1. The minimum Gasteiger partial charge on any atom is -0.481 e. The second-order valence-electron chi connectivity index (χ2n) is 7.85. The Morgan fingerprint density at radius 2 is 1.44 bits per heavy atom. The van der Waals surface area contributed by atoms with Crippen molar-refractivity contribution in [1.29, 1.82) is 0 Å². The molecule has 17 nitrogen and oxygen atoms in total. The summed E-state index contributed by atoms with van der Waals surface area (Å²) in [7, 11) is 0. The largest absolute Gasteiger partial charge is 0.481 e. The molecule has 0 fully saturated rings. The molecule has 0 aromatic carbocycles. The fourth-order valence-electron chi connectivity index (χ4n) is 2.81. The number of carbonyl (C=O) groups excluding carboxylic acids is 4. The third-order valence-electron chi connectivity index (χ3n) is 4.66. The molecule has 0 aliphatic rings. The van der Waals surface area contributed by atoms with Gasteiger partial charge in [0.05, 0.1) is 18.6 Å². The molecule has 0 saturated carbocycles. The lowest BCUT2D eigenvalue weighted by Gasteiger charge is -2.26. The van der Waals surface area contributed by atoms with Crippen LogP contribution in [0.2, 0.25) is 0 Å². The van der Waals surface area contributed by atoms with Crippen LogP contribution in [0.25, 0.3) is 0 Å². The van der Waals surface area contributed by atoms with E-state index < -0.39 is 85.1 Å². The quantitative estimate of drug-likeness (QED) is 0.0491. The smallest absolute Gasteiger partial charge is 0.326 e. The van der Waals surface area contributed by atoms with Crippen LogP contribution in [0.5, 0.6) is 0 Å². The van der Waals surface area contributed by atoms with Gasteiger partial charge in [-0.05, 0) is 26.2 Å². The zero-order chi connectivity index (χ0) is 28.0. The van der Waals surface area contributed by atoms with Crippen molar-refractivity contribution in [1.82, 2.24) is 16.0 Å². The van der Waals surface area contributed by atoms with Gasteiger partial charge in [0.15, 0.2) is 5.96 Å². The topological polar surface area (TPSA) is 316 Å². The van der Waals surface area contributed by atoms with Crippen molar-refractivity contribution >= 4 is 41.5 Å². The van der Waals surface area contributed by atoms with Gasteiger partial charge in [-0.2, -0.15) is 0 Å². The van der Waals surface area contributed by atoms with Gasteiger partial charge in [-0.15, -0.1) is 0 Å². The van der Waals surface area contributed by atoms with E-state index >= 15 is 0 Å². The summed E-state index contributed by atoms with van der Waals surface area (Å²) in [6, 6.07) is -5.95. The van der Waals surface area contributed by atoms with E-state index in [2.05, 4.69) is 20.9 Å². The predicted molar refractivity (Wildman–Crippen MR) is 124 cm³/mol. The van der Waals surface area contributed by atoms with Crippen molar-refractivity contribution in [3.05, 3.63) is 0 Å². The number of aliphatic imine (C=N–C) groups is 1. The van der Waals surface area contributed by atoms with E-state index in [0.29, 0.717) is 0 Å². The van der Waals surface area contributed by atoms with E-state index in [-0.39, 0.29) is 25.3 Å². The first-order valence-corrected chi connectivity index (χ1v) is 10.8. The normalized spacial score (nSPS) is 14.8. The van der Waals surface area contributed by atoms with E-state index in [1.165, 1.54) is 0 Å². The summed E-state index contributed by atoms with van der Waals surface area (Å²) in [5, 5.41) is 34.6. The molecule has 0 spiro atoms. The van der Waals surface area contributed by atoms with Crippen molar-refractivity contribution in [2.45, 2.75) is 69.3 Å². The Labute approximate surface area is 206 Å². The van der Waals surface area contributed by atoms with Crippen LogP contribution < -0.4 is 38.9 Å². The standard InChI is InChI=1S/C19H34N8O9/c1-8(28)14(17(34)26-11(18(35)36)4-5-13(30)31)27-16(33)10(3-2-6-24-19(22)23)25-15(32)9(20)7-12(21)29/h8-11,14,28H,2-7,20H2,1H3,(H2,21,29)(H,25,32)(H,26,34)(H,27,33)(H,30,31)(H,35,36)(H4,22,23,24). The van der Waals surface area contributed by atoms with Gasteiger partial charge in [-0.3, -0.25) is 29.0 Å². The summed E-state index contributed by atoms with van der Waals surface area (Å²) < 4.78 is 0. The number of aliphatic hydroxyl groups excluding tert-OH is 1. The van der Waals surface area contributed by atoms with E-state index in [0.717, 1.165) is 6.92 Å². The highest BCUT2D eigenvalue weighted by molar-refractivity contribution is 5.95. The van der Waals surface area contributed by atoms with Crippen molar-refractivity contribution in [2.24, 2.45) is 27.9 Å². The van der Waals surface area contributed by atoms with Crippen LogP contribution in [-0.4, -0.2) is 93.7 Å². The molecule has 0 radical (unpaired) electrons. The van der Waals surface area contributed by atoms with Gasteiger partial charge in [-0.25, -0.2) is 4.79 Å². The predicted octanol–water partition coefficient (Wildman–Crippen LogP) is -4.97. The Morgan fingerprint density at radius 1 is 0.861 bits per heavy atom. The lowest BCUT2D eigenvalue weighted by atomic mass is 10.1. The molecular weight excluding hydrogens is 484 g/mol. The molecule has 0 saturated heterocycles. The Bertz CT molecular complexity index is 845. The molecular formula is C19H34N8O9. The number of carboxylic acids is 2. The fourth-order valence-corrected chi connectivity index (χ4v) is 2.81. The van der Waals surface area contributed by atoms with E-state index in [1.807, 2.05) is 0 Å². The summed E-state index contributed by atoms with van der Waals surface area (Å²) in [5.41, 5.74) is 21.1. The Kier molecular flexibility index (Phi) is 14.1. The molecule has 17 heteroatoms. The average molecular weight is 519 g/mol. The Balaban J connectivity index is 5.55. The third-order valence-corrected chi connectivity index (χ3v) is 4.66. The van der Waals surface area contributed by atoms with E-state index in [1.54, 1.807) is 0 Å². The first kappa shape index (κ1) is 32.0. The zero-order valence-electron chi connectivity index (χ0n) is 19.7. The van der Waals surface area contributed by atoms with Crippen LogP contribution in [0.4, 0.5) is 0 Å². The number of carbonyl (C=O) groups is 6. The fraction of sp³-hybridized carbons (Fsp3) is 0.632. The number of hydrogen-bond donors (Lipinski definition) is 10. The molecule has 0 rings (SSSR count). The molecule has 0 aromatic heterocycles. The van der Waals surface area contributed by atoms with Crippen molar-refractivity contribution in [3.8, 4) is 0 Å². The van der Waals surface area contributed by atoms with Crippen molar-refractivity contribution < 1.29 is 44.1 Å². The SMILES string of the molecule is CC(O)C(NC(=O)C(CCCN=C(N)N)NC(=O)C(N)CC(N)=O)C(=O)NC(CCC(=O)O)C(=O)O. The first-order valence-electron chi connectivity index (χ1n) is 10.8. The summed E-state index contributed by atoms with van der Waals surface area (Å²) >= 11 is 0. The van der Waals surface area contributed by atoms with Gasteiger partial charge < -0.3 is 54.2 Å². The number of carboxylic acid groups (broad SMARTS) is 2. The summed E-state index contributed by atoms with van der Waals surface area (Å²) in [4.78, 5) is 74.6. The van der Waals surface area contributed by atoms with Crippen LogP contribution in [0.3, 0.4) is 0 Å². The maximum Gasteiger partial charge on any atom is 0.326 e. The lowest BCUT2D eigenvalue weighted by molar-refractivity contribution is -0.144. The number of nitrogens with one attached hydrogen (secondary N) is 3. The summed E-state index contributed by atoms with van der Waals surface area (Å²) in [6.07, 6.45) is -2.89. The van der Waals surface area contributed by atoms with Crippen LogP contribution in [-0.2, 0) is 28.8 Å². The van der Waals surface area contributed by atoms with Gasteiger partial charge in [-0.1, -0.05) is 0 Å². The molecule has 14 N–H and O–H groups in total. The first-order chi connectivity index (χ1) is 16.6. The zero-order valence-corrected chi connectivity index (χ0v) is 19.7. The highest BCUT2D eigenvalue weighted by Gasteiger charge is 2.32. The minimum absolute atomic E-state index is 0.0534. The number of hydrogen-bond acceptors (Lipinski definition) is 9. The highest BCUT2D eigenvalue weighted by Crippen LogP contribution is 2.05. The monoisotopic (exact) mass is 518 g/mol.